The van der Waals surface area contributed by atoms with Gasteiger partial charge in [0.2, 0.25) is 10.0 Å². The number of rotatable bonds is 8. The molecule has 0 aliphatic heterocycles. The molecule has 0 saturated heterocycles. The molecule has 0 unspecified atom stereocenters. The zero-order valence-corrected chi connectivity index (χ0v) is 18.7. The van der Waals surface area contributed by atoms with Crippen LogP contribution in [0.4, 0.5) is 13.9 Å². The summed E-state index contributed by atoms with van der Waals surface area (Å²) in [6.07, 6.45) is 0.124. The highest BCUT2D eigenvalue weighted by molar-refractivity contribution is 7.89. The zero-order chi connectivity index (χ0) is 24.3. The fourth-order valence-corrected chi connectivity index (χ4v) is 4.16. The van der Waals surface area contributed by atoms with Gasteiger partial charge >= 0.3 is 5.97 Å². The largest absolute Gasteiger partial charge is 0.476 e. The quantitative estimate of drug-likeness (QED) is 0.352. The van der Waals surface area contributed by atoms with Gasteiger partial charge in [-0.1, -0.05) is 12.1 Å². The second-order valence-electron chi connectivity index (χ2n) is 6.94. The Hall–Kier alpha value is -3.48. The lowest BCUT2D eigenvalue weighted by molar-refractivity contribution is 0.0691. The third kappa shape index (κ3) is 5.86. The number of nitrogens with zero attached hydrogens (tertiary/aromatic N) is 1. The maximum Gasteiger partial charge on any atom is 0.355 e. The van der Waals surface area contributed by atoms with Gasteiger partial charge < -0.3 is 10.4 Å². The van der Waals surface area contributed by atoms with Crippen molar-refractivity contribution >= 4 is 38.2 Å². The first kappa shape index (κ1) is 24.2. The van der Waals surface area contributed by atoms with Crippen LogP contribution in [0.1, 0.15) is 28.5 Å². The van der Waals surface area contributed by atoms with E-state index in [1.54, 1.807) is 6.92 Å². The third-order valence-electron chi connectivity index (χ3n) is 4.61. The van der Waals surface area contributed by atoms with Gasteiger partial charge in [-0.05, 0) is 42.8 Å². The summed E-state index contributed by atoms with van der Waals surface area (Å²) < 4.78 is 50.1. The van der Waals surface area contributed by atoms with Gasteiger partial charge in [-0.2, -0.15) is 0 Å². The first-order valence-corrected chi connectivity index (χ1v) is 11.7. The molecule has 33 heavy (non-hydrogen) atoms. The Bertz CT molecular complexity index is 1370. The molecule has 0 saturated carbocycles. The SMILES string of the molecule is C/C(Nc1nc(C(=O)O)cs1)=C(\Cc1ccc(S(N)(=O)=O)cc1)C(=N)c1ccc(F)c(F)c1. The van der Waals surface area contributed by atoms with E-state index in [0.29, 0.717) is 16.8 Å². The molecule has 8 nitrogen and oxygen atoms in total. The lowest BCUT2D eigenvalue weighted by atomic mass is 9.94. The first-order valence-electron chi connectivity index (χ1n) is 9.27. The zero-order valence-electron chi connectivity index (χ0n) is 17.1. The van der Waals surface area contributed by atoms with Crippen molar-refractivity contribution < 1.29 is 27.1 Å². The van der Waals surface area contributed by atoms with Crippen molar-refractivity contribution in [3.8, 4) is 0 Å². The molecule has 3 aromatic rings. The smallest absolute Gasteiger partial charge is 0.355 e. The molecule has 5 N–H and O–H groups in total. The predicted molar refractivity (Wildman–Crippen MR) is 120 cm³/mol. The Morgan fingerprint density at radius 2 is 1.85 bits per heavy atom. The third-order valence-corrected chi connectivity index (χ3v) is 6.30. The van der Waals surface area contributed by atoms with Gasteiger partial charge in [0.05, 0.1) is 10.6 Å². The normalized spacial score (nSPS) is 12.2. The number of hydrogen-bond donors (Lipinski definition) is 4. The average Bonchev–Trinajstić information content (AvgIpc) is 3.22. The lowest BCUT2D eigenvalue weighted by Gasteiger charge is -2.15. The number of nitrogens with one attached hydrogen (secondary N) is 2. The summed E-state index contributed by atoms with van der Waals surface area (Å²) in [7, 11) is -3.88. The van der Waals surface area contributed by atoms with E-state index in [1.807, 2.05) is 0 Å². The van der Waals surface area contributed by atoms with Crippen LogP contribution in [0.15, 0.2) is 64.0 Å². The average molecular weight is 493 g/mol. The van der Waals surface area contributed by atoms with Crippen molar-refractivity contribution in [1.82, 2.24) is 4.98 Å². The molecule has 0 spiro atoms. The van der Waals surface area contributed by atoms with Gasteiger partial charge in [0.25, 0.3) is 0 Å². The minimum atomic E-state index is -3.88. The number of allylic oxidation sites excluding steroid dienone is 2. The van der Waals surface area contributed by atoms with Crippen LogP contribution < -0.4 is 10.5 Å². The summed E-state index contributed by atoms with van der Waals surface area (Å²) in [6.45, 7) is 1.63. The van der Waals surface area contributed by atoms with Crippen LogP contribution in [0.3, 0.4) is 0 Å². The summed E-state index contributed by atoms with van der Waals surface area (Å²) in [5, 5.41) is 27.3. The second kappa shape index (κ2) is 9.57. The van der Waals surface area contributed by atoms with Crippen molar-refractivity contribution in [2.75, 3.05) is 5.32 Å². The van der Waals surface area contributed by atoms with Crippen molar-refractivity contribution in [1.29, 1.82) is 5.41 Å². The molecule has 0 radical (unpaired) electrons. The number of carboxylic acid groups (broad SMARTS) is 1. The second-order valence-corrected chi connectivity index (χ2v) is 9.36. The Morgan fingerprint density at radius 3 is 2.39 bits per heavy atom. The molecule has 12 heteroatoms. The molecule has 3 rings (SSSR count). The van der Waals surface area contributed by atoms with Crippen LogP contribution in [-0.4, -0.2) is 30.2 Å². The number of hydrogen-bond acceptors (Lipinski definition) is 7. The number of primary sulfonamides is 1. The molecule has 0 fully saturated rings. The van der Waals surface area contributed by atoms with Gasteiger partial charge in [0.1, 0.15) is 0 Å². The van der Waals surface area contributed by atoms with Crippen LogP contribution in [0, 0.1) is 17.0 Å². The number of carbonyl (C=O) groups is 1. The summed E-state index contributed by atoms with van der Waals surface area (Å²) in [4.78, 5) is 14.9. The summed E-state index contributed by atoms with van der Waals surface area (Å²) in [6, 6.07) is 8.79. The van der Waals surface area contributed by atoms with Gasteiger partial charge in [0, 0.05) is 28.6 Å². The fourth-order valence-electron chi connectivity index (χ4n) is 2.90. The molecular formula is C21H18F2N4O4S2. The molecule has 0 atom stereocenters. The summed E-state index contributed by atoms with van der Waals surface area (Å²) in [5.41, 5.74) is 1.28. The Labute approximate surface area is 192 Å². The highest BCUT2D eigenvalue weighted by atomic mass is 32.2. The van der Waals surface area contributed by atoms with Crippen LogP contribution in [-0.2, 0) is 16.4 Å². The molecule has 0 aliphatic rings. The number of aromatic carboxylic acids is 1. The Balaban J connectivity index is 2.00. The topological polar surface area (TPSA) is 146 Å². The monoisotopic (exact) mass is 492 g/mol. The van der Waals surface area contributed by atoms with Gasteiger partial charge in [0.15, 0.2) is 22.5 Å². The van der Waals surface area contributed by atoms with E-state index in [0.717, 1.165) is 23.5 Å². The molecule has 172 valence electrons. The van der Waals surface area contributed by atoms with E-state index in [1.165, 1.54) is 35.7 Å². The van der Waals surface area contributed by atoms with Gasteiger partial charge in [-0.25, -0.2) is 32.1 Å². The molecule has 0 amide bonds. The standard InChI is InChI=1S/C21H18F2N4O4S2/c1-11(26-21-27-18(10-32-21)20(28)29)15(19(24)13-4-7-16(22)17(23)9-13)8-12-2-5-14(6-3-12)33(25,30)31/h2-7,9-10,24H,8H2,1H3,(H,26,27)(H,28,29)(H2,25,30,31)/b15-11-,24-19?. The number of thiazole rings is 1. The molecule has 1 heterocycles. The van der Waals surface area contributed by atoms with E-state index >= 15 is 0 Å². The van der Waals surface area contributed by atoms with E-state index in [4.69, 9.17) is 15.7 Å². The number of aromatic nitrogens is 1. The number of halogens is 2. The highest BCUT2D eigenvalue weighted by Crippen LogP contribution is 2.23. The summed E-state index contributed by atoms with van der Waals surface area (Å²) >= 11 is 1.05. The minimum Gasteiger partial charge on any atom is -0.476 e. The lowest BCUT2D eigenvalue weighted by Crippen LogP contribution is -2.14. The molecular weight excluding hydrogens is 474 g/mol. The highest BCUT2D eigenvalue weighted by Gasteiger charge is 2.17. The summed E-state index contributed by atoms with van der Waals surface area (Å²) in [5.74, 6) is -3.34. The van der Waals surface area contributed by atoms with E-state index in [-0.39, 0.29) is 33.4 Å². The van der Waals surface area contributed by atoms with Crippen LogP contribution in [0.5, 0.6) is 0 Å². The van der Waals surface area contributed by atoms with Gasteiger partial charge in [-0.3, -0.25) is 5.41 Å². The number of nitrogens with two attached hydrogens (primary N) is 1. The van der Waals surface area contributed by atoms with Crippen molar-refractivity contribution in [3.63, 3.8) is 0 Å². The molecule has 0 aliphatic carbocycles. The Morgan fingerprint density at radius 1 is 1.18 bits per heavy atom. The predicted octanol–water partition coefficient (Wildman–Crippen LogP) is 3.76. The van der Waals surface area contributed by atoms with E-state index in [9.17, 15) is 22.0 Å². The van der Waals surface area contributed by atoms with Crippen LogP contribution in [0.2, 0.25) is 0 Å². The maximum absolute atomic E-state index is 13.8. The van der Waals surface area contributed by atoms with E-state index in [2.05, 4.69) is 10.3 Å². The maximum atomic E-state index is 13.8. The number of anilines is 1. The van der Waals surface area contributed by atoms with Crippen molar-refractivity contribution in [2.45, 2.75) is 18.2 Å². The number of benzene rings is 2. The minimum absolute atomic E-state index is 0.0775. The molecule has 0 bridgehead atoms. The van der Waals surface area contributed by atoms with Crippen molar-refractivity contribution in [2.24, 2.45) is 5.14 Å². The number of sulfonamides is 1. The van der Waals surface area contributed by atoms with Crippen LogP contribution in [0.25, 0.3) is 0 Å². The van der Waals surface area contributed by atoms with Crippen molar-refractivity contribution in [3.05, 3.63) is 87.6 Å². The Kier molecular flexibility index (Phi) is 7.01. The van der Waals surface area contributed by atoms with E-state index < -0.39 is 27.6 Å². The first-order chi connectivity index (χ1) is 15.5. The van der Waals surface area contributed by atoms with Gasteiger partial charge in [-0.15, -0.1) is 11.3 Å². The number of carboxylic acids is 1. The fraction of sp³-hybridized carbons (Fsp3) is 0.0952. The molecule has 2 aromatic carbocycles. The van der Waals surface area contributed by atoms with Crippen LogP contribution >= 0.6 is 11.3 Å². The molecule has 1 aromatic heterocycles.